The number of aromatic nitrogens is 2. The maximum Gasteiger partial charge on any atom is 0.224 e. The van der Waals surface area contributed by atoms with Crippen molar-refractivity contribution in [2.45, 2.75) is 19.0 Å². The fourth-order valence-corrected chi connectivity index (χ4v) is 2.70. The van der Waals surface area contributed by atoms with E-state index in [4.69, 9.17) is 5.73 Å². The highest BCUT2D eigenvalue weighted by Gasteiger charge is 2.15. The number of rotatable bonds is 6. The number of hydrogen-bond acceptors (Lipinski definition) is 3. The van der Waals surface area contributed by atoms with Gasteiger partial charge in [-0.3, -0.25) is 4.79 Å². The van der Waals surface area contributed by atoms with Gasteiger partial charge in [-0.25, -0.2) is 4.68 Å². The maximum absolute atomic E-state index is 12.4. The minimum atomic E-state index is -0.279. The highest BCUT2D eigenvalue weighted by atomic mass is 35.5. The molecule has 2 aromatic carbocycles. The summed E-state index contributed by atoms with van der Waals surface area (Å²) in [7, 11) is 1.81. The summed E-state index contributed by atoms with van der Waals surface area (Å²) in [5.41, 5.74) is 9.19. The number of carbonyl (C=O) groups is 1. The SMILES string of the molecule is CN(Cc1ccc(-n2cccn2)cc1)C(=O)CC(N)c1ccccc1.Cl. The van der Waals surface area contributed by atoms with E-state index in [2.05, 4.69) is 5.10 Å². The van der Waals surface area contributed by atoms with Crippen molar-refractivity contribution in [2.75, 3.05) is 7.05 Å². The Morgan fingerprint density at radius 1 is 1.12 bits per heavy atom. The zero-order valence-electron chi connectivity index (χ0n) is 14.7. The third kappa shape index (κ3) is 4.94. The highest BCUT2D eigenvalue weighted by Crippen LogP contribution is 2.16. The van der Waals surface area contributed by atoms with Crippen LogP contribution >= 0.6 is 12.4 Å². The van der Waals surface area contributed by atoms with Crippen molar-refractivity contribution in [3.05, 3.63) is 84.2 Å². The lowest BCUT2D eigenvalue weighted by molar-refractivity contribution is -0.130. The summed E-state index contributed by atoms with van der Waals surface area (Å²) in [5, 5.41) is 4.21. The lowest BCUT2D eigenvalue weighted by atomic mass is 10.0. The topological polar surface area (TPSA) is 64.2 Å². The predicted molar refractivity (Wildman–Crippen MR) is 105 cm³/mol. The first-order valence-corrected chi connectivity index (χ1v) is 8.27. The lowest BCUT2D eigenvalue weighted by Crippen LogP contribution is -2.29. The van der Waals surface area contributed by atoms with Crippen molar-refractivity contribution in [1.82, 2.24) is 14.7 Å². The van der Waals surface area contributed by atoms with E-state index in [1.54, 1.807) is 15.8 Å². The van der Waals surface area contributed by atoms with E-state index in [0.717, 1.165) is 16.8 Å². The van der Waals surface area contributed by atoms with Gasteiger partial charge < -0.3 is 10.6 Å². The summed E-state index contributed by atoms with van der Waals surface area (Å²) in [6.07, 6.45) is 3.94. The Hall–Kier alpha value is -2.63. The average molecular weight is 371 g/mol. The quantitative estimate of drug-likeness (QED) is 0.723. The molecular formula is C20H23ClN4O. The van der Waals surface area contributed by atoms with E-state index in [1.807, 2.05) is 73.9 Å². The summed E-state index contributed by atoms with van der Waals surface area (Å²) in [5.74, 6) is 0.0347. The molecule has 1 heterocycles. The van der Waals surface area contributed by atoms with Crippen LogP contribution in [0.25, 0.3) is 5.69 Å². The molecule has 0 spiro atoms. The zero-order chi connectivity index (χ0) is 17.6. The number of nitrogens with two attached hydrogens (primary N) is 1. The Labute approximate surface area is 159 Å². The number of nitrogens with zero attached hydrogens (tertiary/aromatic N) is 3. The largest absolute Gasteiger partial charge is 0.341 e. The molecule has 2 N–H and O–H groups in total. The van der Waals surface area contributed by atoms with Crippen LogP contribution in [-0.4, -0.2) is 27.6 Å². The molecule has 0 saturated heterocycles. The Kier molecular flexibility index (Phi) is 6.95. The first kappa shape index (κ1) is 19.7. The van der Waals surface area contributed by atoms with Crippen LogP contribution in [0, 0.1) is 0 Å². The van der Waals surface area contributed by atoms with Crippen LogP contribution in [0.1, 0.15) is 23.6 Å². The molecule has 0 saturated carbocycles. The minimum Gasteiger partial charge on any atom is -0.341 e. The van der Waals surface area contributed by atoms with Gasteiger partial charge in [-0.1, -0.05) is 42.5 Å². The molecule has 1 amide bonds. The molecule has 0 fully saturated rings. The summed E-state index contributed by atoms with van der Waals surface area (Å²) < 4.78 is 1.80. The summed E-state index contributed by atoms with van der Waals surface area (Å²) in [6, 6.07) is 19.3. The molecule has 3 rings (SSSR count). The highest BCUT2D eigenvalue weighted by molar-refractivity contribution is 5.85. The van der Waals surface area contributed by atoms with E-state index in [0.29, 0.717) is 13.0 Å². The molecule has 1 aromatic heterocycles. The van der Waals surface area contributed by atoms with E-state index in [-0.39, 0.29) is 24.4 Å². The van der Waals surface area contributed by atoms with Gasteiger partial charge >= 0.3 is 0 Å². The van der Waals surface area contributed by atoms with Crippen molar-refractivity contribution in [1.29, 1.82) is 0 Å². The first-order chi connectivity index (χ1) is 12.1. The van der Waals surface area contributed by atoms with E-state index in [1.165, 1.54) is 0 Å². The molecule has 0 aliphatic carbocycles. The Balaban J connectivity index is 0.00000243. The van der Waals surface area contributed by atoms with Gasteiger partial charge in [0.25, 0.3) is 0 Å². The van der Waals surface area contributed by atoms with E-state index in [9.17, 15) is 4.79 Å². The van der Waals surface area contributed by atoms with Gasteiger partial charge in [0.15, 0.2) is 0 Å². The van der Waals surface area contributed by atoms with Crippen molar-refractivity contribution in [3.63, 3.8) is 0 Å². The number of carbonyl (C=O) groups excluding carboxylic acids is 1. The fraction of sp³-hybridized carbons (Fsp3) is 0.200. The number of amides is 1. The molecule has 5 nitrogen and oxygen atoms in total. The van der Waals surface area contributed by atoms with E-state index < -0.39 is 0 Å². The molecule has 3 aromatic rings. The van der Waals surface area contributed by atoms with Crippen LogP contribution in [0.3, 0.4) is 0 Å². The van der Waals surface area contributed by atoms with Crippen LogP contribution in [0.2, 0.25) is 0 Å². The molecule has 0 radical (unpaired) electrons. The molecule has 0 aliphatic rings. The smallest absolute Gasteiger partial charge is 0.224 e. The van der Waals surface area contributed by atoms with Crippen LogP contribution in [0.5, 0.6) is 0 Å². The summed E-state index contributed by atoms with van der Waals surface area (Å²) in [6.45, 7) is 0.555. The minimum absolute atomic E-state index is 0. The molecule has 1 unspecified atom stereocenters. The molecule has 6 heteroatoms. The van der Waals surface area contributed by atoms with Crippen LogP contribution < -0.4 is 5.73 Å². The molecule has 1 atom stereocenters. The average Bonchev–Trinajstić information content (AvgIpc) is 3.17. The Morgan fingerprint density at radius 2 is 1.81 bits per heavy atom. The molecule has 0 bridgehead atoms. The molecule has 26 heavy (non-hydrogen) atoms. The van der Waals surface area contributed by atoms with Gasteiger partial charge in [0.1, 0.15) is 0 Å². The van der Waals surface area contributed by atoms with Gasteiger partial charge in [0.2, 0.25) is 5.91 Å². The van der Waals surface area contributed by atoms with Gasteiger partial charge in [-0.05, 0) is 29.3 Å². The van der Waals surface area contributed by atoms with Crippen molar-refractivity contribution < 1.29 is 4.79 Å². The number of halogens is 1. The maximum atomic E-state index is 12.4. The number of benzene rings is 2. The normalized spacial score (nSPS) is 11.5. The summed E-state index contributed by atoms with van der Waals surface area (Å²) >= 11 is 0. The zero-order valence-corrected chi connectivity index (χ0v) is 15.5. The third-order valence-electron chi connectivity index (χ3n) is 4.17. The predicted octanol–water partition coefficient (Wildman–Crippen LogP) is 3.34. The first-order valence-electron chi connectivity index (χ1n) is 8.27. The van der Waals surface area contributed by atoms with E-state index >= 15 is 0 Å². The third-order valence-corrected chi connectivity index (χ3v) is 4.17. The van der Waals surface area contributed by atoms with Crippen molar-refractivity contribution >= 4 is 18.3 Å². The molecular weight excluding hydrogens is 348 g/mol. The lowest BCUT2D eigenvalue weighted by Gasteiger charge is -2.20. The molecule has 136 valence electrons. The number of hydrogen-bond donors (Lipinski definition) is 1. The standard InChI is InChI=1S/C20H22N4O.ClH/c1-23(20(25)14-19(21)17-6-3-2-4-7-17)15-16-8-10-18(11-9-16)24-13-5-12-22-24;/h2-13,19H,14-15,21H2,1H3;1H. The summed E-state index contributed by atoms with van der Waals surface area (Å²) in [4.78, 5) is 14.1. The van der Waals surface area contributed by atoms with Gasteiger partial charge in [0, 0.05) is 38.4 Å². The van der Waals surface area contributed by atoms with Gasteiger partial charge in [-0.15, -0.1) is 12.4 Å². The second kappa shape index (κ2) is 9.17. The Bertz CT molecular complexity index is 804. The van der Waals surface area contributed by atoms with Crippen molar-refractivity contribution in [3.8, 4) is 5.69 Å². The molecule has 0 aliphatic heterocycles. The van der Waals surface area contributed by atoms with Crippen LogP contribution in [-0.2, 0) is 11.3 Å². The second-order valence-corrected chi connectivity index (χ2v) is 6.09. The van der Waals surface area contributed by atoms with Crippen molar-refractivity contribution in [2.24, 2.45) is 5.73 Å². The Morgan fingerprint density at radius 3 is 2.42 bits per heavy atom. The van der Waals surface area contributed by atoms with Gasteiger partial charge in [-0.2, -0.15) is 5.10 Å². The van der Waals surface area contributed by atoms with Crippen LogP contribution in [0.15, 0.2) is 73.1 Å². The fourth-order valence-electron chi connectivity index (χ4n) is 2.70. The second-order valence-electron chi connectivity index (χ2n) is 6.09. The van der Waals surface area contributed by atoms with Gasteiger partial charge in [0.05, 0.1) is 5.69 Å². The van der Waals surface area contributed by atoms with Crippen LogP contribution in [0.4, 0.5) is 0 Å². The monoisotopic (exact) mass is 370 g/mol.